The van der Waals surface area contributed by atoms with E-state index in [0.29, 0.717) is 23.4 Å². The molecule has 12 heteroatoms. The highest BCUT2D eigenvalue weighted by atomic mass is 16.6. The predicted molar refractivity (Wildman–Crippen MR) is 183 cm³/mol. The number of allylic oxidation sites excluding steroid dienone is 1. The number of carbonyl (C=O) groups is 4. The third kappa shape index (κ3) is 6.31. The van der Waals surface area contributed by atoms with Gasteiger partial charge in [-0.1, -0.05) is 68.5 Å². The Morgan fingerprint density at radius 3 is 2.40 bits per heavy atom. The Balaban J connectivity index is 1.48. The molecule has 2 saturated heterocycles. The number of hydrogen-bond donors (Lipinski definition) is 2. The highest BCUT2D eigenvalue weighted by Gasteiger charge is 2.74. The molecule has 4 aliphatic heterocycles. The van der Waals surface area contributed by atoms with Gasteiger partial charge in [-0.15, -0.1) is 0 Å². The van der Waals surface area contributed by atoms with Gasteiger partial charge in [0.2, 0.25) is 11.8 Å². The minimum Gasteiger partial charge on any atom is -0.497 e. The Labute approximate surface area is 292 Å². The van der Waals surface area contributed by atoms with Crippen LogP contribution in [0.2, 0.25) is 0 Å². The van der Waals surface area contributed by atoms with Gasteiger partial charge in [0, 0.05) is 25.8 Å². The van der Waals surface area contributed by atoms with Gasteiger partial charge in [-0.05, 0) is 42.2 Å². The number of rotatable bonds is 8. The molecule has 2 aromatic rings. The number of carbonyl (C=O) groups excluding carboxylic acids is 4. The fourth-order valence-corrected chi connectivity index (χ4v) is 7.77. The van der Waals surface area contributed by atoms with Crippen molar-refractivity contribution in [2.45, 2.75) is 62.6 Å². The molecule has 2 aromatic carbocycles. The Hall–Kier alpha value is -4.52. The molecule has 0 aromatic heterocycles. The number of esters is 1. The van der Waals surface area contributed by atoms with Crippen molar-refractivity contribution in [2.75, 3.05) is 38.9 Å². The summed E-state index contributed by atoms with van der Waals surface area (Å²) in [7, 11) is 3.06. The monoisotopic (exact) mass is 687 g/mol. The van der Waals surface area contributed by atoms with Crippen LogP contribution in [0.4, 0.5) is 5.69 Å². The van der Waals surface area contributed by atoms with Crippen molar-refractivity contribution in [1.29, 1.82) is 0 Å². The van der Waals surface area contributed by atoms with Gasteiger partial charge in [-0.25, -0.2) is 0 Å². The van der Waals surface area contributed by atoms with Crippen LogP contribution in [0.5, 0.6) is 5.75 Å². The van der Waals surface area contributed by atoms with Gasteiger partial charge in [0.1, 0.15) is 29.4 Å². The molecule has 0 radical (unpaired) electrons. The smallest absolute Gasteiger partial charge is 0.313 e. The molecule has 0 saturated carbocycles. The number of anilines is 1. The number of likely N-dealkylation sites (tertiary alicyclic amines) is 1. The third-order valence-electron chi connectivity index (χ3n) is 10.2. The Morgan fingerprint density at radius 1 is 1.00 bits per heavy atom. The number of nitrogens with one attached hydrogen (secondary N) is 1. The van der Waals surface area contributed by atoms with Gasteiger partial charge in [-0.2, -0.15) is 0 Å². The molecule has 2 fully saturated rings. The van der Waals surface area contributed by atoms with E-state index in [9.17, 15) is 19.5 Å². The van der Waals surface area contributed by atoms with E-state index in [2.05, 4.69) is 5.32 Å². The van der Waals surface area contributed by atoms with E-state index in [1.165, 1.54) is 12.0 Å². The van der Waals surface area contributed by atoms with E-state index in [4.69, 9.17) is 18.9 Å². The highest BCUT2D eigenvalue weighted by Crippen LogP contribution is 2.56. The van der Waals surface area contributed by atoms with Crippen molar-refractivity contribution in [3.8, 4) is 5.75 Å². The largest absolute Gasteiger partial charge is 0.497 e. The number of amides is 3. The minimum absolute atomic E-state index is 0.0545. The van der Waals surface area contributed by atoms with Gasteiger partial charge in [-0.3, -0.25) is 19.2 Å². The third-order valence-corrected chi connectivity index (χ3v) is 10.2. The molecule has 12 nitrogen and oxygen atoms in total. The van der Waals surface area contributed by atoms with Crippen LogP contribution in [0.25, 0.3) is 0 Å². The van der Waals surface area contributed by atoms with E-state index in [0.717, 1.165) is 0 Å². The molecule has 4 aliphatic rings. The van der Waals surface area contributed by atoms with E-state index in [-0.39, 0.29) is 31.4 Å². The summed E-state index contributed by atoms with van der Waals surface area (Å²) in [6, 6.07) is 13.4. The van der Waals surface area contributed by atoms with Crippen LogP contribution in [-0.2, 0) is 33.4 Å². The molecule has 50 heavy (non-hydrogen) atoms. The lowest BCUT2D eigenvalue weighted by atomic mass is 9.74. The number of aliphatic hydroxyl groups is 1. The number of nitrogens with zero attached hydrogens (tertiary/aromatic N) is 2. The number of cyclic esters (lactones) is 1. The molecule has 8 atom stereocenters. The summed E-state index contributed by atoms with van der Waals surface area (Å²) >= 11 is 0. The predicted octanol–water partition coefficient (Wildman–Crippen LogP) is 2.96. The molecule has 4 heterocycles. The summed E-state index contributed by atoms with van der Waals surface area (Å²) in [6.45, 7) is 3.53. The second kappa shape index (κ2) is 14.8. The maximum atomic E-state index is 15.0. The van der Waals surface area contributed by atoms with Crippen molar-refractivity contribution in [3.63, 3.8) is 0 Å². The number of hydrogen-bond acceptors (Lipinski definition) is 9. The van der Waals surface area contributed by atoms with Crippen LogP contribution in [0, 0.1) is 17.8 Å². The maximum Gasteiger partial charge on any atom is 0.313 e. The van der Waals surface area contributed by atoms with Gasteiger partial charge in [0.25, 0.3) is 5.91 Å². The Kier molecular flexibility index (Phi) is 10.4. The molecular formula is C38H45N3O9. The Bertz CT molecular complexity index is 1630. The zero-order valence-corrected chi connectivity index (χ0v) is 28.8. The number of aliphatic hydroxyl groups excluding tert-OH is 1. The summed E-state index contributed by atoms with van der Waals surface area (Å²) in [6.07, 6.45) is 5.84. The fraction of sp³-hybridized carbons (Fsp3) is 0.474. The molecule has 3 amide bonds. The average molecular weight is 688 g/mol. The summed E-state index contributed by atoms with van der Waals surface area (Å²) in [5.41, 5.74) is -0.303. The van der Waals surface area contributed by atoms with E-state index < -0.39 is 72.2 Å². The second-order valence-electron chi connectivity index (χ2n) is 13.5. The first-order valence-corrected chi connectivity index (χ1v) is 17.1. The van der Waals surface area contributed by atoms with Crippen molar-refractivity contribution in [3.05, 3.63) is 84.5 Å². The SMILES string of the molecule is COC[C@@H]1NC(=O)CC/C=C\CN(c2ccc(OC)cc2)C(=O)[C@H]2N([C@@H](CO)C(C)C)C(=O)[C@@H]3[C@@H](C(=O)O[C@H]1c1ccccc1)[C@H]1C=C[C@]32O1. The molecule has 1 spiro atoms. The molecule has 6 rings (SSSR count). The highest BCUT2D eigenvalue weighted by molar-refractivity contribution is 6.05. The molecule has 266 valence electrons. The van der Waals surface area contributed by atoms with Crippen LogP contribution in [0.15, 0.2) is 78.9 Å². The van der Waals surface area contributed by atoms with Crippen molar-refractivity contribution in [1.82, 2.24) is 10.2 Å². The van der Waals surface area contributed by atoms with Crippen LogP contribution in [-0.4, -0.2) is 97.5 Å². The molecule has 0 aliphatic carbocycles. The number of methoxy groups -OCH3 is 2. The maximum absolute atomic E-state index is 15.0. The summed E-state index contributed by atoms with van der Waals surface area (Å²) in [4.78, 5) is 60.4. The summed E-state index contributed by atoms with van der Waals surface area (Å²) in [5, 5.41) is 13.6. The van der Waals surface area contributed by atoms with Gasteiger partial charge in [0.05, 0.1) is 44.4 Å². The van der Waals surface area contributed by atoms with Crippen molar-refractivity contribution in [2.24, 2.45) is 17.8 Å². The summed E-state index contributed by atoms with van der Waals surface area (Å²) < 4.78 is 23.7. The lowest BCUT2D eigenvalue weighted by molar-refractivity contribution is -0.162. The number of benzene rings is 2. The van der Waals surface area contributed by atoms with Crippen LogP contribution >= 0.6 is 0 Å². The molecular weight excluding hydrogens is 642 g/mol. The van der Waals surface area contributed by atoms with E-state index >= 15 is 4.79 Å². The Morgan fingerprint density at radius 2 is 1.74 bits per heavy atom. The average Bonchev–Trinajstić information content (AvgIpc) is 3.76. The normalized spacial score (nSPS) is 31.1. The van der Waals surface area contributed by atoms with Crippen LogP contribution in [0.3, 0.4) is 0 Å². The first kappa shape index (κ1) is 35.3. The zero-order chi connectivity index (χ0) is 35.6. The number of ether oxygens (including phenoxy) is 4. The van der Waals surface area contributed by atoms with Crippen LogP contribution in [0.1, 0.15) is 38.4 Å². The van der Waals surface area contributed by atoms with Crippen LogP contribution < -0.4 is 15.0 Å². The van der Waals surface area contributed by atoms with Gasteiger partial charge in [0.15, 0.2) is 0 Å². The molecule has 2 N–H and O–H groups in total. The summed E-state index contributed by atoms with van der Waals surface area (Å²) in [5.74, 6) is -3.66. The zero-order valence-electron chi connectivity index (χ0n) is 28.8. The fourth-order valence-electron chi connectivity index (χ4n) is 7.77. The second-order valence-corrected chi connectivity index (χ2v) is 13.5. The standard InChI is InChI=1S/C38H45N3O9/c1-23(2)28(21-42)41-34-36(45)40(25-14-16-26(48-4)17-15-25)20-10-6-9-13-30(43)39-27(22-47-3)33(24-11-7-5-8-12-24)49-37(46)31-29-18-19-38(34,50-29)32(31)35(41)44/h5-8,10-12,14-19,23,27-29,31-34,42H,9,13,20-22H2,1-4H3,(H,39,43)/b10-6-/t27-,28-,29+,31-,32-,33-,34+,38-/m0/s1. The number of fused-ring (bicyclic) bond motifs is 2. The topological polar surface area (TPSA) is 144 Å². The van der Waals surface area contributed by atoms with E-state index in [1.807, 2.05) is 44.2 Å². The first-order valence-electron chi connectivity index (χ1n) is 17.1. The quantitative estimate of drug-likeness (QED) is 0.316. The van der Waals surface area contributed by atoms with Crippen molar-refractivity contribution >= 4 is 29.4 Å². The lowest BCUT2D eigenvalue weighted by Gasteiger charge is -2.40. The lowest BCUT2D eigenvalue weighted by Crippen LogP contribution is -2.59. The van der Waals surface area contributed by atoms with Crippen molar-refractivity contribution < 1.29 is 43.2 Å². The molecule has 0 unspecified atom stereocenters. The minimum atomic E-state index is -1.49. The first-order chi connectivity index (χ1) is 24.1. The van der Waals surface area contributed by atoms with Gasteiger partial charge < -0.3 is 39.2 Å². The van der Waals surface area contributed by atoms with Gasteiger partial charge >= 0.3 is 5.97 Å². The molecule has 5 bridgehead atoms. The van der Waals surface area contributed by atoms with E-state index in [1.54, 1.807) is 60.6 Å².